The number of rotatable bonds is 7. The average molecular weight is 333 g/mol. The summed E-state index contributed by atoms with van der Waals surface area (Å²) in [6, 6.07) is 25.8. The summed E-state index contributed by atoms with van der Waals surface area (Å²) in [7, 11) is 0. The zero-order valence-corrected chi connectivity index (χ0v) is 14.6. The van der Waals surface area contributed by atoms with Crippen molar-refractivity contribution in [2.75, 3.05) is 11.9 Å². The van der Waals surface area contributed by atoms with Crippen molar-refractivity contribution >= 4 is 5.69 Å². The Balaban J connectivity index is 1.49. The lowest BCUT2D eigenvalue weighted by molar-refractivity contribution is 0.234. The molecule has 0 amide bonds. The molecule has 1 unspecified atom stereocenters. The van der Waals surface area contributed by atoms with Gasteiger partial charge in [0.2, 0.25) is 0 Å². The summed E-state index contributed by atoms with van der Waals surface area (Å²) in [5, 5.41) is 3.39. The summed E-state index contributed by atoms with van der Waals surface area (Å²) in [5.41, 5.74) is 2.24. The lowest BCUT2D eigenvalue weighted by Gasteiger charge is -2.16. The minimum absolute atomic E-state index is 0.0713. The Hall–Kier alpha value is -2.94. The number of anilines is 1. The summed E-state index contributed by atoms with van der Waals surface area (Å²) >= 11 is 0. The molecule has 0 fully saturated rings. The van der Waals surface area contributed by atoms with Crippen molar-refractivity contribution in [3.05, 3.63) is 84.4 Å². The first-order valence-electron chi connectivity index (χ1n) is 8.49. The quantitative estimate of drug-likeness (QED) is 0.604. The second-order valence-electron chi connectivity index (χ2n) is 6.07. The van der Waals surface area contributed by atoms with Crippen LogP contribution < -0.4 is 14.8 Å². The Bertz CT molecular complexity index is 785. The van der Waals surface area contributed by atoms with E-state index in [-0.39, 0.29) is 6.10 Å². The van der Waals surface area contributed by atoms with E-state index in [1.807, 2.05) is 72.8 Å². The van der Waals surface area contributed by atoms with E-state index in [1.165, 1.54) is 5.56 Å². The molecule has 0 saturated heterocycles. The third-order valence-corrected chi connectivity index (χ3v) is 3.75. The number of hydrogen-bond donors (Lipinski definition) is 1. The molecule has 3 rings (SSSR count). The Labute approximate surface area is 149 Å². The molecule has 0 radical (unpaired) electrons. The predicted octanol–water partition coefficient (Wildman–Crippen LogP) is 5.67. The summed E-state index contributed by atoms with van der Waals surface area (Å²) in [4.78, 5) is 0. The highest BCUT2D eigenvalue weighted by Crippen LogP contribution is 2.22. The highest BCUT2D eigenvalue weighted by atomic mass is 16.5. The number of nitrogens with one attached hydrogen (secondary N) is 1. The van der Waals surface area contributed by atoms with E-state index < -0.39 is 0 Å². The molecule has 25 heavy (non-hydrogen) atoms. The summed E-state index contributed by atoms with van der Waals surface area (Å²) in [5.74, 6) is 2.56. The highest BCUT2D eigenvalue weighted by molar-refractivity contribution is 5.47. The summed E-state index contributed by atoms with van der Waals surface area (Å²) in [6.07, 6.45) is 0.0713. The Morgan fingerprint density at radius 2 is 1.48 bits per heavy atom. The molecular weight excluding hydrogens is 310 g/mol. The topological polar surface area (TPSA) is 30.5 Å². The smallest absolute Gasteiger partial charge is 0.127 e. The van der Waals surface area contributed by atoms with Crippen LogP contribution >= 0.6 is 0 Å². The van der Waals surface area contributed by atoms with Gasteiger partial charge in [0.25, 0.3) is 0 Å². The van der Waals surface area contributed by atoms with Crippen LogP contribution in [0.25, 0.3) is 0 Å². The molecular formula is C22H23NO2. The van der Waals surface area contributed by atoms with Crippen molar-refractivity contribution in [3.8, 4) is 17.2 Å². The number of hydrogen-bond acceptors (Lipinski definition) is 3. The van der Waals surface area contributed by atoms with Gasteiger partial charge < -0.3 is 14.8 Å². The third-order valence-electron chi connectivity index (χ3n) is 3.75. The van der Waals surface area contributed by atoms with Gasteiger partial charge in [-0.1, -0.05) is 30.3 Å². The van der Waals surface area contributed by atoms with E-state index in [0.717, 1.165) is 29.5 Å². The first-order valence-corrected chi connectivity index (χ1v) is 8.49. The van der Waals surface area contributed by atoms with Crippen molar-refractivity contribution in [1.82, 2.24) is 0 Å². The van der Waals surface area contributed by atoms with Crippen molar-refractivity contribution in [2.45, 2.75) is 20.0 Å². The second kappa shape index (κ2) is 8.25. The minimum atomic E-state index is 0.0713. The van der Waals surface area contributed by atoms with Crippen molar-refractivity contribution in [3.63, 3.8) is 0 Å². The number of aryl methyl sites for hydroxylation is 1. The molecule has 128 valence electrons. The fraction of sp³-hybridized carbons (Fsp3) is 0.182. The Kier molecular flexibility index (Phi) is 5.57. The van der Waals surface area contributed by atoms with Crippen molar-refractivity contribution in [1.29, 1.82) is 0 Å². The number of benzene rings is 3. The van der Waals surface area contributed by atoms with Gasteiger partial charge in [-0.2, -0.15) is 0 Å². The number of para-hydroxylation sites is 1. The van der Waals surface area contributed by atoms with E-state index in [2.05, 4.69) is 25.2 Å². The first kappa shape index (κ1) is 16.9. The van der Waals surface area contributed by atoms with Gasteiger partial charge in [0.15, 0.2) is 0 Å². The van der Waals surface area contributed by atoms with Crippen LogP contribution in [0.1, 0.15) is 12.5 Å². The van der Waals surface area contributed by atoms with E-state index >= 15 is 0 Å². The fourth-order valence-corrected chi connectivity index (χ4v) is 2.49. The van der Waals surface area contributed by atoms with Gasteiger partial charge in [0.05, 0.1) is 6.54 Å². The largest absolute Gasteiger partial charge is 0.489 e. The first-order chi connectivity index (χ1) is 12.2. The predicted molar refractivity (Wildman–Crippen MR) is 103 cm³/mol. The van der Waals surface area contributed by atoms with Crippen LogP contribution in [-0.4, -0.2) is 12.6 Å². The Morgan fingerprint density at radius 1 is 0.800 bits per heavy atom. The summed E-state index contributed by atoms with van der Waals surface area (Å²) < 4.78 is 11.7. The maximum atomic E-state index is 5.93. The zero-order chi connectivity index (χ0) is 17.5. The molecule has 3 aromatic rings. The van der Waals surface area contributed by atoms with Gasteiger partial charge in [-0.25, -0.2) is 0 Å². The molecule has 0 bridgehead atoms. The molecule has 0 heterocycles. The van der Waals surface area contributed by atoms with E-state index in [9.17, 15) is 0 Å². The van der Waals surface area contributed by atoms with Gasteiger partial charge >= 0.3 is 0 Å². The molecule has 0 aliphatic rings. The fourth-order valence-electron chi connectivity index (χ4n) is 2.49. The van der Waals surface area contributed by atoms with Gasteiger partial charge in [-0.15, -0.1) is 0 Å². The summed E-state index contributed by atoms with van der Waals surface area (Å²) in [6.45, 7) is 4.85. The second-order valence-corrected chi connectivity index (χ2v) is 6.07. The van der Waals surface area contributed by atoms with Gasteiger partial charge in [-0.3, -0.25) is 0 Å². The normalized spacial score (nSPS) is 11.6. The molecule has 0 saturated carbocycles. The van der Waals surface area contributed by atoms with Crippen LogP contribution in [0, 0.1) is 6.92 Å². The van der Waals surface area contributed by atoms with Crippen LogP contribution in [0.4, 0.5) is 5.69 Å². The monoisotopic (exact) mass is 333 g/mol. The zero-order valence-electron chi connectivity index (χ0n) is 14.6. The lowest BCUT2D eigenvalue weighted by Crippen LogP contribution is -2.22. The molecule has 3 heteroatoms. The van der Waals surface area contributed by atoms with Crippen LogP contribution in [0.15, 0.2) is 78.9 Å². The Morgan fingerprint density at radius 3 is 2.20 bits per heavy atom. The molecule has 0 spiro atoms. The minimum Gasteiger partial charge on any atom is -0.489 e. The van der Waals surface area contributed by atoms with Gasteiger partial charge in [0.1, 0.15) is 23.4 Å². The van der Waals surface area contributed by atoms with Crippen LogP contribution in [0.3, 0.4) is 0 Å². The SMILES string of the molecule is Cc1cccc(OC(C)CNc2ccc(Oc3ccccc3)cc2)c1. The lowest BCUT2D eigenvalue weighted by atomic mass is 10.2. The molecule has 1 N–H and O–H groups in total. The van der Waals surface area contributed by atoms with Crippen LogP contribution in [-0.2, 0) is 0 Å². The molecule has 0 aromatic heterocycles. The van der Waals surface area contributed by atoms with E-state index in [0.29, 0.717) is 0 Å². The highest BCUT2D eigenvalue weighted by Gasteiger charge is 2.04. The number of ether oxygens (including phenoxy) is 2. The maximum absolute atomic E-state index is 5.93. The molecule has 3 nitrogen and oxygen atoms in total. The van der Waals surface area contributed by atoms with Gasteiger partial charge in [0, 0.05) is 5.69 Å². The van der Waals surface area contributed by atoms with E-state index in [4.69, 9.17) is 9.47 Å². The molecule has 0 aliphatic heterocycles. The standard InChI is InChI=1S/C22H23NO2/c1-17-7-6-10-22(15-17)24-18(2)16-23-19-11-13-21(14-12-19)25-20-8-4-3-5-9-20/h3-15,18,23H,16H2,1-2H3. The van der Waals surface area contributed by atoms with Crippen molar-refractivity contribution < 1.29 is 9.47 Å². The van der Waals surface area contributed by atoms with Crippen LogP contribution in [0.5, 0.6) is 17.2 Å². The van der Waals surface area contributed by atoms with E-state index in [1.54, 1.807) is 0 Å². The third kappa shape index (κ3) is 5.28. The maximum Gasteiger partial charge on any atom is 0.127 e. The average Bonchev–Trinajstić information content (AvgIpc) is 2.62. The molecule has 1 atom stereocenters. The van der Waals surface area contributed by atoms with Crippen LogP contribution in [0.2, 0.25) is 0 Å². The van der Waals surface area contributed by atoms with Gasteiger partial charge in [-0.05, 0) is 67.9 Å². The molecule has 0 aliphatic carbocycles. The van der Waals surface area contributed by atoms with Crippen molar-refractivity contribution in [2.24, 2.45) is 0 Å². The molecule has 3 aromatic carbocycles.